The van der Waals surface area contributed by atoms with Crippen LogP contribution in [0.3, 0.4) is 0 Å². The molecule has 0 amide bonds. The van der Waals surface area contributed by atoms with Crippen molar-refractivity contribution in [3.05, 3.63) is 102 Å². The Balaban J connectivity index is 1.69. The van der Waals surface area contributed by atoms with Gasteiger partial charge in [0, 0.05) is 18.2 Å². The van der Waals surface area contributed by atoms with Crippen LogP contribution in [0.5, 0.6) is 11.6 Å². The van der Waals surface area contributed by atoms with Crippen molar-refractivity contribution in [1.82, 2.24) is 14.4 Å². The fourth-order valence-corrected chi connectivity index (χ4v) is 3.73. The van der Waals surface area contributed by atoms with E-state index < -0.39 is 0 Å². The van der Waals surface area contributed by atoms with Gasteiger partial charge < -0.3 is 14.3 Å². The third kappa shape index (κ3) is 3.64. The summed E-state index contributed by atoms with van der Waals surface area (Å²) >= 11 is 0. The van der Waals surface area contributed by atoms with Gasteiger partial charge in [0.25, 0.3) is 0 Å². The number of fused-ring (bicyclic) bond motifs is 1. The first-order valence-electron chi connectivity index (χ1n) is 10.0. The quantitative estimate of drug-likeness (QED) is 0.431. The minimum atomic E-state index is 0.0826. The summed E-state index contributed by atoms with van der Waals surface area (Å²) in [6.07, 6.45) is 4.40. The highest BCUT2D eigenvalue weighted by molar-refractivity contribution is 5.69. The van der Waals surface area contributed by atoms with E-state index in [1.807, 2.05) is 54.6 Å². The van der Waals surface area contributed by atoms with Crippen LogP contribution in [0.15, 0.2) is 83.6 Å². The highest BCUT2D eigenvalue weighted by Gasteiger charge is 2.19. The van der Waals surface area contributed by atoms with Crippen LogP contribution in [0.25, 0.3) is 16.9 Å². The van der Waals surface area contributed by atoms with Crippen LogP contribution in [0.2, 0.25) is 0 Å². The van der Waals surface area contributed by atoms with E-state index >= 15 is 0 Å². The van der Waals surface area contributed by atoms with E-state index in [9.17, 15) is 5.11 Å². The lowest BCUT2D eigenvalue weighted by Crippen LogP contribution is -2.01. The molecule has 5 rings (SSSR count). The van der Waals surface area contributed by atoms with Crippen molar-refractivity contribution in [2.75, 3.05) is 7.11 Å². The second-order valence-electron chi connectivity index (χ2n) is 7.27. The van der Waals surface area contributed by atoms with Crippen LogP contribution < -0.4 is 4.74 Å². The summed E-state index contributed by atoms with van der Waals surface area (Å²) in [6.45, 7) is 0. The third-order valence-corrected chi connectivity index (χ3v) is 5.24. The van der Waals surface area contributed by atoms with Crippen LogP contribution in [0.1, 0.15) is 22.7 Å². The van der Waals surface area contributed by atoms with Crippen LogP contribution in [0.4, 0.5) is 0 Å². The molecular weight excluding hydrogens is 390 g/mol. The summed E-state index contributed by atoms with van der Waals surface area (Å²) < 4.78 is 12.7. The van der Waals surface area contributed by atoms with Gasteiger partial charge in [0.2, 0.25) is 5.88 Å². The van der Waals surface area contributed by atoms with Gasteiger partial charge in [0.05, 0.1) is 31.2 Å². The summed E-state index contributed by atoms with van der Waals surface area (Å²) in [5.41, 5.74) is 4.61. The first-order valence-corrected chi connectivity index (χ1v) is 10.0. The third-order valence-electron chi connectivity index (χ3n) is 5.24. The Morgan fingerprint density at radius 1 is 0.903 bits per heavy atom. The molecule has 0 unspecified atom stereocenters. The van der Waals surface area contributed by atoms with E-state index in [1.165, 1.54) is 0 Å². The molecule has 1 N–H and O–H groups in total. The SMILES string of the molecule is COc1ccccc1-c1cn2c(O)c(Cc3ccco3)nc2c(Cc2ccccc2)n1. The first kappa shape index (κ1) is 18.9. The Morgan fingerprint density at radius 3 is 2.48 bits per heavy atom. The lowest BCUT2D eigenvalue weighted by atomic mass is 10.1. The molecule has 0 radical (unpaired) electrons. The predicted molar refractivity (Wildman–Crippen MR) is 117 cm³/mol. The van der Waals surface area contributed by atoms with Crippen LogP contribution in [0, 0.1) is 0 Å². The van der Waals surface area contributed by atoms with Crippen molar-refractivity contribution < 1.29 is 14.3 Å². The summed E-state index contributed by atoms with van der Waals surface area (Å²) in [5.74, 6) is 1.54. The highest BCUT2D eigenvalue weighted by atomic mass is 16.5. The number of furan rings is 1. The maximum Gasteiger partial charge on any atom is 0.219 e. The van der Waals surface area contributed by atoms with Gasteiger partial charge in [-0.05, 0) is 29.8 Å². The van der Waals surface area contributed by atoms with Crippen molar-refractivity contribution in [3.63, 3.8) is 0 Å². The standard InChI is InChI=1S/C25H21N3O3/c1-30-23-12-6-5-11-19(23)22-16-28-24(20(26-22)14-17-8-3-2-4-9-17)27-21(25(28)29)15-18-10-7-13-31-18/h2-13,16,29H,14-15H2,1H3. The number of rotatable bonds is 6. The maximum absolute atomic E-state index is 11.0. The molecule has 0 aliphatic rings. The van der Waals surface area contributed by atoms with E-state index in [1.54, 1.807) is 24.0 Å². The van der Waals surface area contributed by atoms with Gasteiger partial charge in [0.1, 0.15) is 17.2 Å². The molecule has 0 saturated heterocycles. The van der Waals surface area contributed by atoms with E-state index in [0.717, 1.165) is 28.3 Å². The second-order valence-corrected chi connectivity index (χ2v) is 7.27. The molecule has 3 aromatic heterocycles. The molecular formula is C25H21N3O3. The minimum Gasteiger partial charge on any atom is -0.496 e. The summed E-state index contributed by atoms with van der Waals surface area (Å²) in [7, 11) is 1.64. The number of hydrogen-bond acceptors (Lipinski definition) is 5. The smallest absolute Gasteiger partial charge is 0.219 e. The molecule has 0 bridgehead atoms. The number of benzene rings is 2. The Bertz CT molecular complexity index is 1330. The van der Waals surface area contributed by atoms with Gasteiger partial charge in [-0.25, -0.2) is 9.97 Å². The summed E-state index contributed by atoms with van der Waals surface area (Å²) in [5, 5.41) is 11.0. The molecule has 0 aliphatic carbocycles. The second kappa shape index (κ2) is 7.99. The minimum absolute atomic E-state index is 0.0826. The molecule has 154 valence electrons. The molecule has 0 saturated carbocycles. The Labute approximate surface area is 179 Å². The molecule has 6 nitrogen and oxygen atoms in total. The van der Waals surface area contributed by atoms with E-state index in [0.29, 0.717) is 29.9 Å². The molecule has 6 heteroatoms. The van der Waals surface area contributed by atoms with Crippen LogP contribution in [-0.2, 0) is 12.8 Å². The van der Waals surface area contributed by atoms with Gasteiger partial charge in [-0.1, -0.05) is 42.5 Å². The number of nitrogens with zero attached hydrogens (tertiary/aromatic N) is 3. The van der Waals surface area contributed by atoms with Crippen molar-refractivity contribution in [1.29, 1.82) is 0 Å². The number of aromatic hydroxyl groups is 1. The molecule has 3 heterocycles. The molecule has 31 heavy (non-hydrogen) atoms. The predicted octanol–water partition coefficient (Wildman–Crippen LogP) is 4.89. The lowest BCUT2D eigenvalue weighted by Gasteiger charge is -2.11. The molecule has 0 atom stereocenters. The van der Waals surface area contributed by atoms with E-state index in [4.69, 9.17) is 19.1 Å². The normalized spacial score (nSPS) is 11.1. The average Bonchev–Trinajstić information content (AvgIpc) is 3.43. The van der Waals surface area contributed by atoms with Crippen molar-refractivity contribution >= 4 is 5.65 Å². The van der Waals surface area contributed by atoms with Crippen LogP contribution >= 0.6 is 0 Å². The lowest BCUT2D eigenvalue weighted by molar-refractivity contribution is 0.416. The van der Waals surface area contributed by atoms with Crippen molar-refractivity contribution in [2.24, 2.45) is 0 Å². The zero-order valence-electron chi connectivity index (χ0n) is 17.0. The number of aromatic nitrogens is 3. The van der Waals surface area contributed by atoms with Crippen molar-refractivity contribution in [2.45, 2.75) is 12.8 Å². The zero-order chi connectivity index (χ0) is 21.2. The number of methoxy groups -OCH3 is 1. The largest absolute Gasteiger partial charge is 0.496 e. The van der Waals surface area contributed by atoms with E-state index in [-0.39, 0.29) is 5.88 Å². The van der Waals surface area contributed by atoms with E-state index in [2.05, 4.69) is 12.1 Å². The van der Waals surface area contributed by atoms with Crippen molar-refractivity contribution in [3.8, 4) is 22.9 Å². The summed E-state index contributed by atoms with van der Waals surface area (Å²) in [6, 6.07) is 21.5. The topological polar surface area (TPSA) is 72.8 Å². The van der Waals surface area contributed by atoms with Crippen LogP contribution in [-0.4, -0.2) is 26.6 Å². The zero-order valence-corrected chi connectivity index (χ0v) is 17.0. The molecule has 0 fully saturated rings. The van der Waals surface area contributed by atoms with Gasteiger partial charge in [-0.2, -0.15) is 0 Å². The average molecular weight is 411 g/mol. The highest BCUT2D eigenvalue weighted by Crippen LogP contribution is 2.32. The van der Waals surface area contributed by atoms with Gasteiger partial charge in [-0.3, -0.25) is 4.40 Å². The maximum atomic E-state index is 11.0. The Morgan fingerprint density at radius 2 is 1.71 bits per heavy atom. The molecule has 5 aromatic rings. The number of imidazole rings is 1. The van der Waals surface area contributed by atoms with Gasteiger partial charge >= 0.3 is 0 Å². The Kier molecular flexibility index (Phi) is 4.88. The Hall–Kier alpha value is -4.06. The number of para-hydroxylation sites is 1. The van der Waals surface area contributed by atoms with Gasteiger partial charge in [-0.15, -0.1) is 0 Å². The molecule has 2 aromatic carbocycles. The number of ether oxygens (including phenoxy) is 1. The summed E-state index contributed by atoms with van der Waals surface area (Å²) in [4.78, 5) is 9.65. The monoisotopic (exact) mass is 411 g/mol. The fourth-order valence-electron chi connectivity index (χ4n) is 3.73. The fraction of sp³-hybridized carbons (Fsp3) is 0.120. The number of hydrogen-bond donors (Lipinski definition) is 1. The van der Waals surface area contributed by atoms with Gasteiger partial charge in [0.15, 0.2) is 5.65 Å². The molecule has 0 spiro atoms. The molecule has 0 aliphatic heterocycles. The first-order chi connectivity index (χ1) is 15.2.